The van der Waals surface area contributed by atoms with E-state index in [1.807, 2.05) is 0 Å². The number of carbonyl (C=O) groups excluding carboxylic acids is 3. The zero-order chi connectivity index (χ0) is 15.8. The van der Waals surface area contributed by atoms with E-state index in [9.17, 15) is 14.4 Å². The van der Waals surface area contributed by atoms with Crippen molar-refractivity contribution in [1.82, 2.24) is 5.32 Å². The molecule has 0 heterocycles. The predicted octanol–water partition coefficient (Wildman–Crippen LogP) is -0.0202. The minimum absolute atomic E-state index is 0.184. The van der Waals surface area contributed by atoms with Crippen LogP contribution in [0.25, 0.3) is 0 Å². The number of benzene rings is 1. The summed E-state index contributed by atoms with van der Waals surface area (Å²) in [7, 11) is 2.37. The first-order chi connectivity index (χ1) is 10.0. The van der Waals surface area contributed by atoms with Crippen molar-refractivity contribution < 1.29 is 23.9 Å². The van der Waals surface area contributed by atoms with Crippen LogP contribution in [0.4, 0.5) is 0 Å². The van der Waals surface area contributed by atoms with Crippen molar-refractivity contribution in [3.63, 3.8) is 0 Å². The minimum atomic E-state index is -1.11. The Balaban J connectivity index is 2.89. The Morgan fingerprint density at radius 2 is 1.86 bits per heavy atom. The molecule has 1 rings (SSSR count). The number of nitrogens with two attached hydrogens (primary N) is 1. The minimum Gasteiger partial charge on any atom is -0.469 e. The van der Waals surface area contributed by atoms with Gasteiger partial charge in [-0.2, -0.15) is 0 Å². The van der Waals surface area contributed by atoms with Crippen molar-refractivity contribution in [2.45, 2.75) is 19.0 Å². The van der Waals surface area contributed by atoms with Gasteiger partial charge in [-0.3, -0.25) is 9.59 Å². The molecule has 0 spiro atoms. The largest absolute Gasteiger partial charge is 0.469 e. The number of esters is 2. The highest BCUT2D eigenvalue weighted by Gasteiger charge is 2.26. The molecular formula is C14H18N2O5. The molecule has 3 N–H and O–H groups in total. The van der Waals surface area contributed by atoms with E-state index in [0.717, 1.165) is 0 Å². The maximum absolute atomic E-state index is 12.2. The SMILES string of the molecule is COC(=O)CC(NC(=O)c1ccccc1CN)C(=O)OC. The summed E-state index contributed by atoms with van der Waals surface area (Å²) in [4.78, 5) is 35.1. The maximum Gasteiger partial charge on any atom is 0.328 e. The zero-order valence-electron chi connectivity index (χ0n) is 11.9. The van der Waals surface area contributed by atoms with Crippen molar-refractivity contribution in [3.8, 4) is 0 Å². The number of nitrogens with one attached hydrogen (secondary N) is 1. The highest BCUT2D eigenvalue weighted by Crippen LogP contribution is 2.09. The van der Waals surface area contributed by atoms with Crippen LogP contribution in [0.1, 0.15) is 22.3 Å². The van der Waals surface area contributed by atoms with Gasteiger partial charge in [0, 0.05) is 12.1 Å². The topological polar surface area (TPSA) is 108 Å². The molecule has 0 radical (unpaired) electrons. The van der Waals surface area contributed by atoms with Gasteiger partial charge in [-0.05, 0) is 11.6 Å². The molecule has 1 unspecified atom stereocenters. The molecule has 7 nitrogen and oxygen atoms in total. The number of hydrogen-bond acceptors (Lipinski definition) is 6. The standard InChI is InChI=1S/C14H18N2O5/c1-20-12(17)7-11(14(19)21-2)16-13(18)10-6-4-3-5-9(10)8-15/h3-6,11H,7-8,15H2,1-2H3,(H,16,18). The fourth-order valence-corrected chi connectivity index (χ4v) is 1.74. The molecule has 1 aromatic rings. The summed E-state index contributed by atoms with van der Waals surface area (Å²) < 4.78 is 9.05. The summed E-state index contributed by atoms with van der Waals surface area (Å²) in [5, 5.41) is 2.45. The lowest BCUT2D eigenvalue weighted by molar-refractivity contribution is -0.149. The average Bonchev–Trinajstić information content (AvgIpc) is 2.52. The first kappa shape index (κ1) is 16.6. The van der Waals surface area contributed by atoms with Crippen LogP contribution in [0.3, 0.4) is 0 Å². The van der Waals surface area contributed by atoms with E-state index in [0.29, 0.717) is 11.1 Å². The molecule has 0 aliphatic heterocycles. The van der Waals surface area contributed by atoms with Crippen LogP contribution in [-0.4, -0.2) is 38.1 Å². The molecule has 1 atom stereocenters. The Morgan fingerprint density at radius 1 is 1.19 bits per heavy atom. The normalized spacial score (nSPS) is 11.4. The van der Waals surface area contributed by atoms with Gasteiger partial charge < -0.3 is 20.5 Å². The lowest BCUT2D eigenvalue weighted by Crippen LogP contribution is -2.43. The van der Waals surface area contributed by atoms with Crippen LogP contribution in [0, 0.1) is 0 Å². The lowest BCUT2D eigenvalue weighted by Gasteiger charge is -2.16. The highest BCUT2D eigenvalue weighted by atomic mass is 16.5. The van der Waals surface area contributed by atoms with Gasteiger partial charge >= 0.3 is 11.9 Å². The lowest BCUT2D eigenvalue weighted by atomic mass is 10.1. The van der Waals surface area contributed by atoms with E-state index < -0.39 is 23.9 Å². The van der Waals surface area contributed by atoms with Crippen LogP contribution in [0.5, 0.6) is 0 Å². The fourth-order valence-electron chi connectivity index (χ4n) is 1.74. The van der Waals surface area contributed by atoms with Gasteiger partial charge in [0.05, 0.1) is 20.6 Å². The van der Waals surface area contributed by atoms with Crippen LogP contribution >= 0.6 is 0 Å². The molecule has 114 valence electrons. The molecule has 7 heteroatoms. The van der Waals surface area contributed by atoms with Crippen molar-refractivity contribution in [3.05, 3.63) is 35.4 Å². The third-order valence-electron chi connectivity index (χ3n) is 2.87. The maximum atomic E-state index is 12.2. The molecule has 0 saturated carbocycles. The van der Waals surface area contributed by atoms with Gasteiger partial charge in [-0.15, -0.1) is 0 Å². The fraction of sp³-hybridized carbons (Fsp3) is 0.357. The molecule has 1 amide bonds. The van der Waals surface area contributed by atoms with Crippen LogP contribution < -0.4 is 11.1 Å². The Hall–Kier alpha value is -2.41. The van der Waals surface area contributed by atoms with Crippen LogP contribution in [-0.2, 0) is 25.6 Å². The van der Waals surface area contributed by atoms with E-state index in [4.69, 9.17) is 5.73 Å². The summed E-state index contributed by atoms with van der Waals surface area (Å²) in [6.45, 7) is 0.184. The van der Waals surface area contributed by atoms with E-state index >= 15 is 0 Å². The first-order valence-electron chi connectivity index (χ1n) is 6.27. The molecule has 0 aromatic heterocycles. The Morgan fingerprint density at radius 3 is 2.43 bits per heavy atom. The second-order valence-electron chi connectivity index (χ2n) is 4.19. The van der Waals surface area contributed by atoms with E-state index in [1.54, 1.807) is 24.3 Å². The third kappa shape index (κ3) is 4.57. The van der Waals surface area contributed by atoms with Gasteiger partial charge in [-0.1, -0.05) is 18.2 Å². The molecule has 0 saturated heterocycles. The summed E-state index contributed by atoms with van der Waals surface area (Å²) in [6, 6.07) is 5.62. The number of methoxy groups -OCH3 is 2. The van der Waals surface area contributed by atoms with Gasteiger partial charge in [0.15, 0.2) is 0 Å². The van der Waals surface area contributed by atoms with E-state index in [-0.39, 0.29) is 13.0 Å². The number of carbonyl (C=O) groups is 3. The number of rotatable bonds is 6. The van der Waals surface area contributed by atoms with Crippen molar-refractivity contribution in [1.29, 1.82) is 0 Å². The summed E-state index contributed by atoms with van der Waals surface area (Å²) in [6.07, 6.45) is -0.306. The van der Waals surface area contributed by atoms with Crippen molar-refractivity contribution >= 4 is 17.8 Å². The molecule has 0 bridgehead atoms. The third-order valence-corrected chi connectivity index (χ3v) is 2.87. The van der Waals surface area contributed by atoms with Gasteiger partial charge in [0.25, 0.3) is 5.91 Å². The summed E-state index contributed by atoms with van der Waals surface area (Å²) >= 11 is 0. The number of amides is 1. The molecule has 1 aromatic carbocycles. The van der Waals surface area contributed by atoms with Gasteiger partial charge in [-0.25, -0.2) is 4.79 Å². The average molecular weight is 294 g/mol. The Labute approximate surface area is 122 Å². The van der Waals surface area contributed by atoms with Crippen molar-refractivity contribution in [2.75, 3.05) is 14.2 Å². The predicted molar refractivity (Wildman–Crippen MR) is 74.2 cm³/mol. The molecule has 0 fully saturated rings. The monoisotopic (exact) mass is 294 g/mol. The van der Waals surface area contributed by atoms with Gasteiger partial charge in [0.2, 0.25) is 0 Å². The smallest absolute Gasteiger partial charge is 0.328 e. The first-order valence-corrected chi connectivity index (χ1v) is 6.27. The molecular weight excluding hydrogens is 276 g/mol. The number of ether oxygens (including phenoxy) is 2. The Kier molecular flexibility index (Phi) is 6.35. The highest BCUT2D eigenvalue weighted by molar-refractivity contribution is 5.98. The summed E-state index contributed by atoms with van der Waals surface area (Å²) in [5.41, 5.74) is 6.54. The molecule has 0 aliphatic carbocycles. The van der Waals surface area contributed by atoms with E-state index in [2.05, 4.69) is 14.8 Å². The van der Waals surface area contributed by atoms with Crippen LogP contribution in [0.2, 0.25) is 0 Å². The van der Waals surface area contributed by atoms with Crippen LogP contribution in [0.15, 0.2) is 24.3 Å². The second-order valence-corrected chi connectivity index (χ2v) is 4.19. The van der Waals surface area contributed by atoms with Crippen molar-refractivity contribution in [2.24, 2.45) is 5.73 Å². The summed E-state index contributed by atoms with van der Waals surface area (Å²) in [5.74, 6) is -1.85. The van der Waals surface area contributed by atoms with E-state index in [1.165, 1.54) is 14.2 Å². The number of hydrogen-bond donors (Lipinski definition) is 2. The molecule has 21 heavy (non-hydrogen) atoms. The quantitative estimate of drug-likeness (QED) is 0.714. The van der Waals surface area contributed by atoms with Gasteiger partial charge in [0.1, 0.15) is 6.04 Å². The zero-order valence-corrected chi connectivity index (χ0v) is 11.9. The Bertz CT molecular complexity index is 530. The second kappa shape index (κ2) is 8.01. The molecule has 0 aliphatic rings.